The minimum atomic E-state index is 0. The van der Waals surface area contributed by atoms with Gasteiger partial charge in [0.25, 0.3) is 0 Å². The maximum atomic E-state index is 6.50. The molecule has 8 rings (SSSR count). The van der Waals surface area contributed by atoms with E-state index in [9.17, 15) is 0 Å². The van der Waals surface area contributed by atoms with Crippen LogP contribution in [0.1, 0.15) is 116 Å². The summed E-state index contributed by atoms with van der Waals surface area (Å²) in [6.45, 7) is 17.5. The van der Waals surface area contributed by atoms with E-state index >= 15 is 0 Å². The molecule has 5 heteroatoms. The summed E-state index contributed by atoms with van der Waals surface area (Å²) in [6, 6.07) is 32.1. The SMILES string of the molecule is Cc1c[c-]c(-c2cc(C)c(C)cn2)cc1.Cc1cc(-c2[c-]ccc3c2oc2nc(-c4c(C(C)C)cccc4C(C)C)ccc23)ncc1C1CCCCC1.[Ir]. The van der Waals surface area contributed by atoms with Crippen LogP contribution < -0.4 is 0 Å². The fourth-order valence-electron chi connectivity index (χ4n) is 7.78. The van der Waals surface area contributed by atoms with Crippen molar-refractivity contribution in [3.05, 3.63) is 136 Å². The van der Waals surface area contributed by atoms with Gasteiger partial charge in [0.15, 0.2) is 0 Å². The molecular formula is C49H51IrN3O-2. The molecule has 4 aromatic heterocycles. The predicted molar refractivity (Wildman–Crippen MR) is 220 cm³/mol. The summed E-state index contributed by atoms with van der Waals surface area (Å²) in [4.78, 5) is 14.4. The summed E-state index contributed by atoms with van der Waals surface area (Å²) in [5.41, 5.74) is 16.7. The van der Waals surface area contributed by atoms with Gasteiger partial charge < -0.3 is 14.4 Å². The van der Waals surface area contributed by atoms with Gasteiger partial charge in [-0.2, -0.15) is 0 Å². The summed E-state index contributed by atoms with van der Waals surface area (Å²) in [5.74, 6) is 1.45. The van der Waals surface area contributed by atoms with E-state index in [1.165, 1.54) is 76.6 Å². The Morgan fingerprint density at radius 2 is 1.39 bits per heavy atom. The van der Waals surface area contributed by atoms with Crippen molar-refractivity contribution in [2.45, 2.75) is 105 Å². The molecule has 0 spiro atoms. The van der Waals surface area contributed by atoms with E-state index in [4.69, 9.17) is 14.4 Å². The number of hydrogen-bond acceptors (Lipinski definition) is 4. The van der Waals surface area contributed by atoms with Crippen molar-refractivity contribution in [1.82, 2.24) is 15.0 Å². The molecule has 0 bridgehead atoms. The molecule has 0 atom stereocenters. The van der Waals surface area contributed by atoms with Gasteiger partial charge in [0, 0.05) is 43.4 Å². The molecular weight excluding hydrogens is 839 g/mol. The third-order valence-electron chi connectivity index (χ3n) is 11.0. The van der Waals surface area contributed by atoms with E-state index in [-0.39, 0.29) is 20.1 Å². The number of aromatic nitrogens is 3. The van der Waals surface area contributed by atoms with E-state index < -0.39 is 0 Å². The van der Waals surface area contributed by atoms with Crippen LogP contribution in [-0.2, 0) is 20.1 Å². The fourth-order valence-corrected chi connectivity index (χ4v) is 7.78. The van der Waals surface area contributed by atoms with E-state index in [1.54, 1.807) is 0 Å². The number of benzene rings is 3. The van der Waals surface area contributed by atoms with Crippen LogP contribution in [0.2, 0.25) is 0 Å². The maximum Gasteiger partial charge on any atom is 0.216 e. The van der Waals surface area contributed by atoms with Crippen molar-refractivity contribution < 1.29 is 24.5 Å². The summed E-state index contributed by atoms with van der Waals surface area (Å²) >= 11 is 0. The number of nitrogens with zero attached hydrogens (tertiary/aromatic N) is 3. The van der Waals surface area contributed by atoms with Crippen LogP contribution in [0.25, 0.3) is 55.8 Å². The molecule has 0 unspecified atom stereocenters. The van der Waals surface area contributed by atoms with Crippen molar-refractivity contribution in [1.29, 1.82) is 0 Å². The molecule has 54 heavy (non-hydrogen) atoms. The van der Waals surface area contributed by atoms with Crippen LogP contribution in [0.4, 0.5) is 0 Å². The quantitative estimate of drug-likeness (QED) is 0.156. The van der Waals surface area contributed by atoms with Gasteiger partial charge in [-0.15, -0.1) is 53.6 Å². The largest absolute Gasteiger partial charge is 0.486 e. The van der Waals surface area contributed by atoms with Gasteiger partial charge >= 0.3 is 0 Å². The second-order valence-corrected chi connectivity index (χ2v) is 15.6. The Balaban J connectivity index is 0.000000261. The molecule has 279 valence electrons. The number of fused-ring (bicyclic) bond motifs is 3. The number of hydrogen-bond donors (Lipinski definition) is 0. The molecule has 4 nitrogen and oxygen atoms in total. The molecule has 1 aliphatic rings. The standard InChI is InChI=1S/C35H37N2O.C14H14N.Ir/c1-21(2)25-13-9-14-26(22(3)4)33(25)31-18-17-28-27-15-10-16-29(34(27)38-35(28)37-31)32-19-23(5)30(20-36-32)24-11-7-6-8-12-24;1-10-4-6-13(7-5-10)14-8-11(2)12(3)9-15-14;/h9-10,13-15,17-22,24H,6-8,11-12H2,1-5H3;4-6,8-9H,1-3H3;/q2*-1;. The van der Waals surface area contributed by atoms with Crippen molar-refractivity contribution >= 4 is 22.1 Å². The third kappa shape index (κ3) is 8.14. The van der Waals surface area contributed by atoms with Gasteiger partial charge in [-0.1, -0.05) is 106 Å². The maximum absolute atomic E-state index is 6.50. The summed E-state index contributed by atoms with van der Waals surface area (Å²) < 4.78 is 6.50. The number of aryl methyl sites for hydroxylation is 4. The first-order valence-corrected chi connectivity index (χ1v) is 19.3. The van der Waals surface area contributed by atoms with Crippen LogP contribution in [0.3, 0.4) is 0 Å². The zero-order valence-corrected chi connectivity index (χ0v) is 35.3. The average molecular weight is 890 g/mol. The molecule has 1 radical (unpaired) electrons. The Morgan fingerprint density at radius 1 is 0.685 bits per heavy atom. The van der Waals surface area contributed by atoms with Crippen LogP contribution in [-0.4, -0.2) is 15.0 Å². The Bertz CT molecular complexity index is 2360. The van der Waals surface area contributed by atoms with Gasteiger partial charge in [0.05, 0.1) is 11.3 Å². The molecule has 1 saturated carbocycles. The van der Waals surface area contributed by atoms with Crippen molar-refractivity contribution in [2.75, 3.05) is 0 Å². The molecule has 7 aromatic rings. The average Bonchev–Trinajstić information content (AvgIpc) is 3.54. The van der Waals surface area contributed by atoms with E-state index in [2.05, 4.69) is 139 Å². The van der Waals surface area contributed by atoms with Gasteiger partial charge in [-0.3, -0.25) is 0 Å². The molecule has 0 amide bonds. The summed E-state index contributed by atoms with van der Waals surface area (Å²) in [7, 11) is 0. The molecule has 4 heterocycles. The Hall–Kier alpha value is -4.44. The van der Waals surface area contributed by atoms with Crippen LogP contribution >= 0.6 is 0 Å². The minimum absolute atomic E-state index is 0. The zero-order valence-electron chi connectivity index (χ0n) is 32.9. The molecule has 0 saturated heterocycles. The van der Waals surface area contributed by atoms with Gasteiger partial charge in [0.2, 0.25) is 5.71 Å². The zero-order chi connectivity index (χ0) is 37.2. The molecule has 0 N–H and O–H groups in total. The van der Waals surface area contributed by atoms with Crippen molar-refractivity contribution in [2.24, 2.45) is 0 Å². The van der Waals surface area contributed by atoms with E-state index in [1.807, 2.05) is 18.3 Å². The minimum Gasteiger partial charge on any atom is -0.486 e. The fraction of sp³-hybridized carbons (Fsp3) is 0.327. The van der Waals surface area contributed by atoms with Gasteiger partial charge in [0.1, 0.15) is 0 Å². The van der Waals surface area contributed by atoms with Crippen molar-refractivity contribution in [3.8, 4) is 33.8 Å². The number of furan rings is 1. The first-order valence-electron chi connectivity index (χ1n) is 19.3. The van der Waals surface area contributed by atoms with Gasteiger partial charge in [-0.25, -0.2) is 4.98 Å². The van der Waals surface area contributed by atoms with E-state index in [0.29, 0.717) is 23.5 Å². The third-order valence-corrected chi connectivity index (χ3v) is 11.0. The first-order chi connectivity index (χ1) is 25.6. The normalized spacial score (nSPS) is 13.3. The Morgan fingerprint density at radius 3 is 2.04 bits per heavy atom. The predicted octanol–water partition coefficient (Wildman–Crippen LogP) is 13.6. The van der Waals surface area contributed by atoms with Crippen molar-refractivity contribution in [3.63, 3.8) is 0 Å². The van der Waals surface area contributed by atoms with E-state index in [0.717, 1.165) is 44.6 Å². The monoisotopic (exact) mass is 890 g/mol. The van der Waals surface area contributed by atoms with Crippen LogP contribution in [0.5, 0.6) is 0 Å². The molecule has 0 aliphatic heterocycles. The summed E-state index contributed by atoms with van der Waals surface area (Å²) in [6.07, 6.45) is 10.6. The second-order valence-electron chi connectivity index (χ2n) is 15.6. The number of pyridine rings is 3. The smallest absolute Gasteiger partial charge is 0.216 e. The second kappa shape index (κ2) is 16.9. The van der Waals surface area contributed by atoms with Crippen LogP contribution in [0.15, 0.2) is 89.6 Å². The Labute approximate surface area is 335 Å². The molecule has 1 aliphatic carbocycles. The molecule has 1 fully saturated rings. The van der Waals surface area contributed by atoms with Crippen LogP contribution in [0, 0.1) is 39.8 Å². The summed E-state index contributed by atoms with van der Waals surface area (Å²) in [5, 5.41) is 2.09. The number of rotatable bonds is 6. The van der Waals surface area contributed by atoms with Gasteiger partial charge in [-0.05, 0) is 97.1 Å². The molecule has 3 aromatic carbocycles. The Kier molecular flexibility index (Phi) is 12.3. The topological polar surface area (TPSA) is 51.8 Å². The first kappa shape index (κ1) is 39.3.